The van der Waals surface area contributed by atoms with Gasteiger partial charge in [-0.05, 0) is 72.1 Å². The average Bonchev–Trinajstić information content (AvgIpc) is 2.88. The number of carbonyl (C=O) groups is 1. The summed E-state index contributed by atoms with van der Waals surface area (Å²) in [6, 6.07) is 15.4. The molecule has 1 amide bonds. The van der Waals surface area contributed by atoms with Crippen LogP contribution in [0.15, 0.2) is 53.4 Å². The van der Waals surface area contributed by atoms with Crippen LogP contribution in [-0.4, -0.2) is 80.1 Å². The minimum atomic E-state index is -4.28. The highest BCUT2D eigenvalue weighted by Gasteiger charge is 2.29. The Balaban J connectivity index is 0.00000420. The lowest BCUT2D eigenvalue weighted by molar-refractivity contribution is -0.131. The molecule has 2 aliphatic rings. The SMILES string of the molecule is C.CC(C)(C)c1ccc(N2CCN(CCCC(=O)N3CCN(c4ccc(SC(F)(F)F)cc4)CC3)CC2)cc1. The summed E-state index contributed by atoms with van der Waals surface area (Å²) in [4.78, 5) is 21.9. The lowest BCUT2D eigenvalue weighted by Gasteiger charge is -2.37. The maximum Gasteiger partial charge on any atom is 0.446 e. The first-order valence-electron chi connectivity index (χ1n) is 13.4. The predicted octanol–water partition coefficient (Wildman–Crippen LogP) is 6.48. The fraction of sp³-hybridized carbons (Fsp3) is 0.567. The molecule has 216 valence electrons. The Morgan fingerprint density at radius 3 is 1.74 bits per heavy atom. The van der Waals surface area contributed by atoms with E-state index < -0.39 is 5.51 Å². The molecular weight excluding hydrogens is 521 g/mol. The number of thioether (sulfide) groups is 1. The molecule has 2 saturated heterocycles. The van der Waals surface area contributed by atoms with Gasteiger partial charge in [0.1, 0.15) is 0 Å². The van der Waals surface area contributed by atoms with Gasteiger partial charge in [-0.3, -0.25) is 9.69 Å². The van der Waals surface area contributed by atoms with Gasteiger partial charge in [0.05, 0.1) is 0 Å². The standard InChI is InChI=1S/C29H39F3N4OS.CH4/c1-28(2,3)23-6-8-24(9-7-23)34-17-15-33(16-18-34)14-4-5-27(37)36-21-19-35(20-22-36)25-10-12-26(13-11-25)38-29(30,31)32;/h6-13H,4-5,14-22H2,1-3H3;1H4. The van der Waals surface area contributed by atoms with E-state index in [1.54, 1.807) is 12.1 Å². The van der Waals surface area contributed by atoms with Crippen molar-refractivity contribution in [2.24, 2.45) is 0 Å². The maximum atomic E-state index is 12.8. The summed E-state index contributed by atoms with van der Waals surface area (Å²) in [5.41, 5.74) is -0.587. The Morgan fingerprint density at radius 1 is 0.769 bits per heavy atom. The largest absolute Gasteiger partial charge is 0.446 e. The molecule has 0 radical (unpaired) electrons. The van der Waals surface area contributed by atoms with Gasteiger partial charge in [0.15, 0.2) is 0 Å². The summed E-state index contributed by atoms with van der Waals surface area (Å²) < 4.78 is 37.6. The van der Waals surface area contributed by atoms with Crippen molar-refractivity contribution in [1.29, 1.82) is 0 Å². The van der Waals surface area contributed by atoms with E-state index in [2.05, 4.69) is 59.7 Å². The van der Waals surface area contributed by atoms with Crippen LogP contribution in [0.5, 0.6) is 0 Å². The molecule has 0 atom stereocenters. The maximum absolute atomic E-state index is 12.8. The molecule has 0 saturated carbocycles. The lowest BCUT2D eigenvalue weighted by atomic mass is 9.87. The van der Waals surface area contributed by atoms with Crippen molar-refractivity contribution in [2.45, 2.75) is 56.9 Å². The van der Waals surface area contributed by atoms with Crippen molar-refractivity contribution in [3.8, 4) is 0 Å². The molecule has 2 aromatic rings. The molecule has 39 heavy (non-hydrogen) atoms. The third-order valence-corrected chi connectivity index (χ3v) is 8.14. The molecule has 0 aromatic heterocycles. The number of piperazine rings is 2. The van der Waals surface area contributed by atoms with Gasteiger partial charge in [-0.1, -0.05) is 40.3 Å². The molecule has 0 spiro atoms. The Kier molecular flexibility index (Phi) is 10.6. The van der Waals surface area contributed by atoms with Gasteiger partial charge in [0, 0.05) is 75.0 Å². The first-order valence-corrected chi connectivity index (χ1v) is 14.3. The number of nitrogens with zero attached hydrogens (tertiary/aromatic N) is 4. The topological polar surface area (TPSA) is 30.0 Å². The summed E-state index contributed by atoms with van der Waals surface area (Å²) in [7, 11) is 0. The smallest absolute Gasteiger partial charge is 0.369 e. The van der Waals surface area contributed by atoms with Crippen LogP contribution in [0.1, 0.15) is 46.6 Å². The summed E-state index contributed by atoms with van der Waals surface area (Å²) in [6.07, 6.45) is 1.41. The van der Waals surface area contributed by atoms with Crippen molar-refractivity contribution >= 4 is 29.0 Å². The van der Waals surface area contributed by atoms with Crippen molar-refractivity contribution in [3.05, 3.63) is 54.1 Å². The van der Waals surface area contributed by atoms with E-state index in [0.717, 1.165) is 44.8 Å². The van der Waals surface area contributed by atoms with Gasteiger partial charge < -0.3 is 14.7 Å². The number of rotatable bonds is 7. The summed E-state index contributed by atoms with van der Waals surface area (Å²) in [5, 5.41) is 0. The Hall–Kier alpha value is -2.39. The van der Waals surface area contributed by atoms with Gasteiger partial charge in [0.25, 0.3) is 0 Å². The molecule has 5 nitrogen and oxygen atoms in total. The Bertz CT molecular complexity index is 1040. The highest BCUT2D eigenvalue weighted by molar-refractivity contribution is 8.00. The van der Waals surface area contributed by atoms with Crippen LogP contribution in [0.25, 0.3) is 0 Å². The van der Waals surface area contributed by atoms with E-state index in [9.17, 15) is 18.0 Å². The van der Waals surface area contributed by atoms with Gasteiger partial charge in [-0.15, -0.1) is 0 Å². The van der Waals surface area contributed by atoms with Gasteiger partial charge in [-0.25, -0.2) is 0 Å². The van der Waals surface area contributed by atoms with E-state index in [-0.39, 0.29) is 35.4 Å². The van der Waals surface area contributed by atoms with E-state index in [1.807, 2.05) is 4.90 Å². The number of hydrogen-bond donors (Lipinski definition) is 0. The van der Waals surface area contributed by atoms with Crippen LogP contribution in [0.3, 0.4) is 0 Å². The van der Waals surface area contributed by atoms with Gasteiger partial charge in [-0.2, -0.15) is 13.2 Å². The quantitative estimate of drug-likeness (QED) is 0.359. The molecular formula is C30H43F3N4OS. The molecule has 2 aliphatic heterocycles. The first-order chi connectivity index (χ1) is 18.0. The van der Waals surface area contributed by atoms with Crippen LogP contribution in [0, 0.1) is 0 Å². The average molecular weight is 565 g/mol. The molecule has 2 fully saturated rings. The zero-order chi connectivity index (χ0) is 27.3. The second-order valence-electron chi connectivity index (χ2n) is 11.1. The zero-order valence-corrected chi connectivity index (χ0v) is 23.5. The third-order valence-electron chi connectivity index (χ3n) is 7.40. The van der Waals surface area contributed by atoms with Crippen LogP contribution < -0.4 is 9.80 Å². The normalized spacial score (nSPS) is 17.2. The number of alkyl halides is 3. The minimum absolute atomic E-state index is 0. The molecule has 0 unspecified atom stereocenters. The van der Waals surface area contributed by atoms with E-state index in [0.29, 0.717) is 32.6 Å². The lowest BCUT2D eigenvalue weighted by Crippen LogP contribution is -2.49. The number of amides is 1. The van der Waals surface area contributed by atoms with Crippen LogP contribution in [0.4, 0.5) is 24.5 Å². The van der Waals surface area contributed by atoms with Crippen molar-refractivity contribution < 1.29 is 18.0 Å². The monoisotopic (exact) mass is 564 g/mol. The second-order valence-corrected chi connectivity index (χ2v) is 12.3. The van der Waals surface area contributed by atoms with Crippen molar-refractivity contribution in [1.82, 2.24) is 9.80 Å². The Morgan fingerprint density at radius 2 is 1.26 bits per heavy atom. The zero-order valence-electron chi connectivity index (χ0n) is 22.6. The van der Waals surface area contributed by atoms with Crippen molar-refractivity contribution in [3.63, 3.8) is 0 Å². The van der Waals surface area contributed by atoms with Crippen LogP contribution >= 0.6 is 11.8 Å². The molecule has 2 aromatic carbocycles. The second kappa shape index (κ2) is 13.3. The van der Waals surface area contributed by atoms with Gasteiger partial charge >= 0.3 is 5.51 Å². The van der Waals surface area contributed by atoms with Gasteiger partial charge in [0.2, 0.25) is 5.91 Å². The number of carbonyl (C=O) groups excluding carboxylic acids is 1. The molecule has 4 rings (SSSR count). The molecule has 0 bridgehead atoms. The van der Waals surface area contributed by atoms with E-state index in [1.165, 1.54) is 23.4 Å². The van der Waals surface area contributed by atoms with Crippen LogP contribution in [0.2, 0.25) is 0 Å². The van der Waals surface area contributed by atoms with Crippen LogP contribution in [-0.2, 0) is 10.2 Å². The summed E-state index contributed by atoms with van der Waals surface area (Å²) in [6.45, 7) is 14.3. The number of benzene rings is 2. The predicted molar refractivity (Wildman–Crippen MR) is 157 cm³/mol. The van der Waals surface area contributed by atoms with E-state index >= 15 is 0 Å². The fourth-order valence-corrected chi connectivity index (χ4v) is 5.63. The fourth-order valence-electron chi connectivity index (χ4n) is 5.09. The molecule has 2 heterocycles. The Labute approximate surface area is 236 Å². The number of hydrogen-bond acceptors (Lipinski definition) is 5. The van der Waals surface area contributed by atoms with Crippen molar-refractivity contribution in [2.75, 3.05) is 68.7 Å². The highest BCUT2D eigenvalue weighted by Crippen LogP contribution is 2.37. The molecule has 0 aliphatic carbocycles. The minimum Gasteiger partial charge on any atom is -0.369 e. The first kappa shape index (κ1) is 31.1. The summed E-state index contributed by atoms with van der Waals surface area (Å²) >= 11 is -0.0990. The molecule has 9 heteroatoms. The number of anilines is 2. The molecule has 0 N–H and O–H groups in total. The third kappa shape index (κ3) is 9.07. The highest BCUT2D eigenvalue weighted by atomic mass is 32.2. The van der Waals surface area contributed by atoms with E-state index in [4.69, 9.17) is 0 Å². The number of halogens is 3. The summed E-state index contributed by atoms with van der Waals surface area (Å²) in [5.74, 6) is 0.194.